The summed E-state index contributed by atoms with van der Waals surface area (Å²) in [5.41, 5.74) is -0.00131. The van der Waals surface area contributed by atoms with Gasteiger partial charge in [-0.3, -0.25) is 14.2 Å². The second-order valence-corrected chi connectivity index (χ2v) is 4.65. The van der Waals surface area contributed by atoms with Gasteiger partial charge in [0.2, 0.25) is 5.65 Å². The van der Waals surface area contributed by atoms with E-state index in [1.54, 1.807) is 24.3 Å². The molecule has 0 saturated heterocycles. The van der Waals surface area contributed by atoms with Crippen molar-refractivity contribution in [3.05, 3.63) is 51.3 Å². The molecular formula is C14H14N4O2. The lowest BCUT2D eigenvalue weighted by molar-refractivity contribution is 0.588. The molecule has 0 saturated carbocycles. The fraction of sp³-hybridized carbons (Fsp3) is 0.286. The minimum atomic E-state index is -0.314. The highest BCUT2D eigenvalue weighted by atomic mass is 16.1. The Morgan fingerprint density at radius 2 is 1.95 bits per heavy atom. The standard InChI is InChI=1S/C14H14N4O2/c1-2-3-8-17-9-15-18-12(14(17)20)16-11-7-5-4-6-10(11)13(18)19/h4-7,9H,2-3,8H2,1H3. The first-order valence-corrected chi connectivity index (χ1v) is 6.59. The molecule has 0 amide bonds. The molecule has 0 unspecified atom stereocenters. The first kappa shape index (κ1) is 12.5. The van der Waals surface area contributed by atoms with Crippen LogP contribution in [0.5, 0.6) is 0 Å². The predicted octanol–water partition coefficient (Wildman–Crippen LogP) is 1.20. The fourth-order valence-corrected chi connectivity index (χ4v) is 2.15. The van der Waals surface area contributed by atoms with Gasteiger partial charge in [-0.2, -0.15) is 9.61 Å². The summed E-state index contributed by atoms with van der Waals surface area (Å²) in [5, 5.41) is 4.51. The Morgan fingerprint density at radius 3 is 2.75 bits per heavy atom. The Kier molecular flexibility index (Phi) is 3.06. The Labute approximate surface area is 114 Å². The third-order valence-electron chi connectivity index (χ3n) is 3.27. The van der Waals surface area contributed by atoms with Crippen molar-refractivity contribution < 1.29 is 0 Å². The van der Waals surface area contributed by atoms with Gasteiger partial charge in [-0.1, -0.05) is 25.5 Å². The molecule has 6 heteroatoms. The molecule has 3 aromatic rings. The van der Waals surface area contributed by atoms with Gasteiger partial charge in [0.05, 0.1) is 10.9 Å². The summed E-state index contributed by atoms with van der Waals surface area (Å²) < 4.78 is 2.58. The van der Waals surface area contributed by atoms with Crippen LogP contribution in [0.15, 0.2) is 40.2 Å². The quantitative estimate of drug-likeness (QED) is 0.671. The third-order valence-corrected chi connectivity index (χ3v) is 3.27. The number of fused-ring (bicyclic) bond motifs is 2. The molecule has 2 aromatic heterocycles. The first-order chi connectivity index (χ1) is 9.72. The molecule has 0 spiro atoms. The summed E-state index contributed by atoms with van der Waals surface area (Å²) in [5.74, 6) is 0. The number of hydrogen-bond acceptors (Lipinski definition) is 4. The van der Waals surface area contributed by atoms with E-state index in [9.17, 15) is 9.59 Å². The zero-order chi connectivity index (χ0) is 14.1. The van der Waals surface area contributed by atoms with E-state index in [1.165, 1.54) is 10.9 Å². The molecule has 20 heavy (non-hydrogen) atoms. The van der Waals surface area contributed by atoms with Gasteiger partial charge in [-0.15, -0.1) is 0 Å². The topological polar surface area (TPSA) is 69.3 Å². The summed E-state index contributed by atoms with van der Waals surface area (Å²) in [6, 6.07) is 6.96. The molecule has 0 atom stereocenters. The minimum Gasteiger partial charge on any atom is -0.295 e. The van der Waals surface area contributed by atoms with Crippen LogP contribution in [0.4, 0.5) is 0 Å². The monoisotopic (exact) mass is 270 g/mol. The van der Waals surface area contributed by atoms with Gasteiger partial charge in [0, 0.05) is 6.54 Å². The van der Waals surface area contributed by atoms with E-state index in [2.05, 4.69) is 17.0 Å². The van der Waals surface area contributed by atoms with Crippen LogP contribution in [-0.2, 0) is 6.54 Å². The van der Waals surface area contributed by atoms with Gasteiger partial charge < -0.3 is 0 Å². The molecule has 2 heterocycles. The third kappa shape index (κ3) is 1.89. The SMILES string of the molecule is CCCCn1cnn2c(=O)c3ccccc3nc2c1=O. The van der Waals surface area contributed by atoms with Crippen LogP contribution < -0.4 is 11.1 Å². The van der Waals surface area contributed by atoms with Crippen LogP contribution >= 0.6 is 0 Å². The number of aryl methyl sites for hydroxylation is 1. The summed E-state index contributed by atoms with van der Waals surface area (Å²) in [4.78, 5) is 28.9. The molecule has 6 nitrogen and oxygen atoms in total. The molecule has 0 bridgehead atoms. The summed E-state index contributed by atoms with van der Waals surface area (Å²) in [7, 11) is 0. The van der Waals surface area contributed by atoms with E-state index in [0.717, 1.165) is 17.4 Å². The lowest BCUT2D eigenvalue weighted by Gasteiger charge is -2.06. The van der Waals surface area contributed by atoms with E-state index in [-0.39, 0.29) is 16.8 Å². The Bertz CT molecular complexity index is 895. The van der Waals surface area contributed by atoms with E-state index < -0.39 is 0 Å². The van der Waals surface area contributed by atoms with E-state index in [4.69, 9.17) is 0 Å². The summed E-state index contributed by atoms with van der Waals surface area (Å²) in [6.07, 6.45) is 3.27. The number of rotatable bonds is 3. The Morgan fingerprint density at radius 1 is 1.15 bits per heavy atom. The number of aromatic nitrogens is 4. The van der Waals surface area contributed by atoms with Crippen molar-refractivity contribution in [2.24, 2.45) is 0 Å². The Hall–Kier alpha value is -2.50. The minimum absolute atomic E-state index is 0.0762. The largest absolute Gasteiger partial charge is 0.297 e. The zero-order valence-electron chi connectivity index (χ0n) is 11.1. The van der Waals surface area contributed by atoms with Crippen molar-refractivity contribution in [1.82, 2.24) is 19.2 Å². The molecule has 0 radical (unpaired) electrons. The fourth-order valence-electron chi connectivity index (χ4n) is 2.15. The number of nitrogens with zero attached hydrogens (tertiary/aromatic N) is 4. The van der Waals surface area contributed by atoms with Crippen LogP contribution in [0.25, 0.3) is 16.6 Å². The lowest BCUT2D eigenvalue weighted by Crippen LogP contribution is -2.30. The maximum Gasteiger partial charge on any atom is 0.297 e. The number of benzene rings is 1. The highest BCUT2D eigenvalue weighted by Gasteiger charge is 2.10. The van der Waals surface area contributed by atoms with Gasteiger partial charge >= 0.3 is 0 Å². The molecule has 3 rings (SSSR count). The normalized spacial score (nSPS) is 11.2. The zero-order valence-corrected chi connectivity index (χ0v) is 11.1. The molecular weight excluding hydrogens is 256 g/mol. The summed E-state index contributed by atoms with van der Waals surface area (Å²) in [6.45, 7) is 2.64. The van der Waals surface area contributed by atoms with Crippen molar-refractivity contribution in [1.29, 1.82) is 0 Å². The molecule has 102 valence electrons. The average Bonchev–Trinajstić information content (AvgIpc) is 2.48. The molecule has 0 aliphatic carbocycles. The van der Waals surface area contributed by atoms with Crippen molar-refractivity contribution in [2.45, 2.75) is 26.3 Å². The predicted molar refractivity (Wildman–Crippen MR) is 75.9 cm³/mol. The molecule has 0 N–H and O–H groups in total. The van der Waals surface area contributed by atoms with Gasteiger partial charge in [0.1, 0.15) is 6.33 Å². The highest BCUT2D eigenvalue weighted by molar-refractivity contribution is 5.79. The molecule has 0 fully saturated rings. The Balaban J connectivity index is 2.35. The molecule has 1 aromatic carbocycles. The smallest absolute Gasteiger partial charge is 0.295 e. The van der Waals surface area contributed by atoms with Gasteiger partial charge in [-0.25, -0.2) is 4.98 Å². The van der Waals surface area contributed by atoms with Crippen molar-refractivity contribution in [3.63, 3.8) is 0 Å². The van der Waals surface area contributed by atoms with Gasteiger partial charge in [0.25, 0.3) is 11.1 Å². The van der Waals surface area contributed by atoms with Crippen molar-refractivity contribution in [2.75, 3.05) is 0 Å². The van der Waals surface area contributed by atoms with Crippen LogP contribution in [-0.4, -0.2) is 19.2 Å². The first-order valence-electron chi connectivity index (χ1n) is 6.59. The second kappa shape index (κ2) is 4.88. The van der Waals surface area contributed by atoms with Crippen molar-refractivity contribution in [3.8, 4) is 0 Å². The maximum atomic E-state index is 12.3. The van der Waals surface area contributed by atoms with Crippen LogP contribution in [0.1, 0.15) is 19.8 Å². The van der Waals surface area contributed by atoms with Gasteiger partial charge in [0.15, 0.2) is 0 Å². The van der Waals surface area contributed by atoms with Crippen LogP contribution in [0, 0.1) is 0 Å². The number of unbranched alkanes of at least 4 members (excludes halogenated alkanes) is 1. The van der Waals surface area contributed by atoms with E-state index >= 15 is 0 Å². The highest BCUT2D eigenvalue weighted by Crippen LogP contribution is 2.05. The van der Waals surface area contributed by atoms with Crippen LogP contribution in [0.2, 0.25) is 0 Å². The average molecular weight is 270 g/mol. The van der Waals surface area contributed by atoms with Gasteiger partial charge in [-0.05, 0) is 18.6 Å². The second-order valence-electron chi connectivity index (χ2n) is 4.65. The molecule has 0 aliphatic heterocycles. The van der Waals surface area contributed by atoms with E-state index in [1.807, 2.05) is 0 Å². The van der Waals surface area contributed by atoms with E-state index in [0.29, 0.717) is 17.4 Å². The number of para-hydroxylation sites is 1. The summed E-state index contributed by atoms with van der Waals surface area (Å²) >= 11 is 0. The van der Waals surface area contributed by atoms with Crippen molar-refractivity contribution >= 4 is 16.6 Å². The number of hydrogen-bond donors (Lipinski definition) is 0. The van der Waals surface area contributed by atoms with Crippen LogP contribution in [0.3, 0.4) is 0 Å². The maximum absolute atomic E-state index is 12.3. The molecule has 0 aliphatic rings. The lowest BCUT2D eigenvalue weighted by atomic mass is 10.2.